The number of hydrogen-bond donors (Lipinski definition) is 2. The van der Waals surface area contributed by atoms with E-state index in [1.54, 1.807) is 24.1 Å². The van der Waals surface area contributed by atoms with Crippen LogP contribution in [0, 0.1) is 6.92 Å². The van der Waals surface area contributed by atoms with E-state index < -0.39 is 0 Å². The van der Waals surface area contributed by atoms with E-state index in [9.17, 15) is 4.79 Å². The number of nitrogens with two attached hydrogens (primary N) is 1. The molecule has 0 aliphatic heterocycles. The Morgan fingerprint density at radius 2 is 2.28 bits per heavy atom. The highest BCUT2D eigenvalue weighted by atomic mass is 16.5. The fourth-order valence-electron chi connectivity index (χ4n) is 1.42. The minimum atomic E-state index is -0.0640. The molecule has 0 aliphatic rings. The van der Waals surface area contributed by atoms with Crippen molar-refractivity contribution in [2.75, 3.05) is 44.5 Å². The van der Waals surface area contributed by atoms with Crippen LogP contribution in [0.25, 0.3) is 0 Å². The molecule has 0 saturated carbocycles. The molecule has 0 fully saturated rings. The minimum Gasteiger partial charge on any atom is -0.397 e. The van der Waals surface area contributed by atoms with Crippen LogP contribution in [0.2, 0.25) is 0 Å². The molecule has 1 amide bonds. The maximum absolute atomic E-state index is 11.6. The lowest BCUT2D eigenvalue weighted by Crippen LogP contribution is -2.37. The van der Waals surface area contributed by atoms with E-state index in [-0.39, 0.29) is 12.5 Å². The average Bonchev–Trinajstić information content (AvgIpc) is 2.33. The van der Waals surface area contributed by atoms with Gasteiger partial charge in [-0.25, -0.2) is 4.98 Å². The first-order valence-electron chi connectivity index (χ1n) is 5.74. The Morgan fingerprint density at radius 3 is 2.89 bits per heavy atom. The average molecular weight is 252 g/mol. The van der Waals surface area contributed by atoms with Crippen LogP contribution in [0.15, 0.2) is 12.1 Å². The Hall–Kier alpha value is -1.82. The second-order valence-corrected chi connectivity index (χ2v) is 4.04. The molecule has 100 valence electrons. The van der Waals surface area contributed by atoms with Gasteiger partial charge in [0.2, 0.25) is 5.91 Å². The van der Waals surface area contributed by atoms with Crippen LogP contribution in [0.4, 0.5) is 11.5 Å². The number of hydrogen-bond acceptors (Lipinski definition) is 5. The van der Waals surface area contributed by atoms with Crippen LogP contribution in [0.5, 0.6) is 0 Å². The molecule has 0 unspecified atom stereocenters. The number of amides is 1. The minimum absolute atomic E-state index is 0.0640. The normalized spacial score (nSPS) is 10.2. The molecule has 1 heterocycles. The Labute approximate surface area is 107 Å². The van der Waals surface area contributed by atoms with Crippen molar-refractivity contribution >= 4 is 17.4 Å². The first kappa shape index (κ1) is 14.2. The van der Waals surface area contributed by atoms with Gasteiger partial charge < -0.3 is 20.7 Å². The summed E-state index contributed by atoms with van der Waals surface area (Å²) in [7, 11) is 3.41. The first-order chi connectivity index (χ1) is 8.54. The largest absolute Gasteiger partial charge is 0.397 e. The zero-order valence-corrected chi connectivity index (χ0v) is 11.1. The third-order valence-corrected chi connectivity index (χ3v) is 2.51. The number of likely N-dealkylation sites (N-methyl/N-ethyl adjacent to an activating group) is 1. The molecule has 1 aromatic rings. The molecule has 3 N–H and O–H groups in total. The van der Waals surface area contributed by atoms with Gasteiger partial charge in [-0.1, -0.05) is 0 Å². The fourth-order valence-corrected chi connectivity index (χ4v) is 1.42. The van der Waals surface area contributed by atoms with Gasteiger partial charge in [-0.15, -0.1) is 0 Å². The summed E-state index contributed by atoms with van der Waals surface area (Å²) >= 11 is 0. The van der Waals surface area contributed by atoms with Gasteiger partial charge in [0.05, 0.1) is 24.5 Å². The van der Waals surface area contributed by atoms with Gasteiger partial charge in [0.1, 0.15) is 5.82 Å². The number of anilines is 2. The summed E-state index contributed by atoms with van der Waals surface area (Å²) in [5, 5.41) is 2.75. The highest BCUT2D eigenvalue weighted by molar-refractivity contribution is 5.80. The Bertz CT molecular complexity index is 409. The predicted octanol–water partition coefficient (Wildman–Crippen LogP) is 0.171. The molecular weight excluding hydrogens is 232 g/mol. The number of methoxy groups -OCH3 is 1. The van der Waals surface area contributed by atoms with Gasteiger partial charge >= 0.3 is 0 Å². The smallest absolute Gasteiger partial charge is 0.239 e. The highest BCUT2D eigenvalue weighted by Crippen LogP contribution is 2.14. The van der Waals surface area contributed by atoms with Crippen molar-refractivity contribution in [2.24, 2.45) is 0 Å². The molecule has 0 radical (unpaired) electrons. The number of nitrogens with one attached hydrogen (secondary N) is 1. The summed E-state index contributed by atoms with van der Waals surface area (Å²) in [5.74, 6) is 0.661. The standard InChI is InChI=1S/C12H20N4O2/c1-9-10(13)4-5-11(15-9)16(2)8-12(17)14-6-7-18-3/h4-5H,6-8,13H2,1-3H3,(H,14,17). The van der Waals surface area contributed by atoms with Crippen LogP contribution in [0.3, 0.4) is 0 Å². The van der Waals surface area contributed by atoms with Crippen molar-refractivity contribution < 1.29 is 9.53 Å². The molecule has 6 heteroatoms. The van der Waals surface area contributed by atoms with E-state index in [4.69, 9.17) is 10.5 Å². The molecule has 0 atom stereocenters. The van der Waals surface area contributed by atoms with Crippen molar-refractivity contribution in [2.45, 2.75) is 6.92 Å². The van der Waals surface area contributed by atoms with E-state index in [0.717, 1.165) is 11.5 Å². The van der Waals surface area contributed by atoms with Crippen molar-refractivity contribution in [1.82, 2.24) is 10.3 Å². The lowest BCUT2D eigenvalue weighted by molar-refractivity contribution is -0.119. The molecule has 0 bridgehead atoms. The van der Waals surface area contributed by atoms with Crippen LogP contribution >= 0.6 is 0 Å². The molecule has 0 aliphatic carbocycles. The number of nitrogens with zero attached hydrogens (tertiary/aromatic N) is 2. The topological polar surface area (TPSA) is 80.5 Å². The molecule has 1 rings (SSSR count). The SMILES string of the molecule is COCCNC(=O)CN(C)c1ccc(N)c(C)n1. The van der Waals surface area contributed by atoms with E-state index in [2.05, 4.69) is 10.3 Å². The van der Waals surface area contributed by atoms with Crippen LogP contribution in [-0.2, 0) is 9.53 Å². The number of carbonyl (C=O) groups excluding carboxylic acids is 1. The van der Waals surface area contributed by atoms with E-state index in [1.807, 2.05) is 14.0 Å². The van der Waals surface area contributed by atoms with Gasteiger partial charge in [-0.2, -0.15) is 0 Å². The number of aromatic nitrogens is 1. The Kier molecular flexibility index (Phi) is 5.38. The zero-order chi connectivity index (χ0) is 13.5. The summed E-state index contributed by atoms with van der Waals surface area (Å²) in [6.07, 6.45) is 0. The third kappa shape index (κ3) is 4.21. The van der Waals surface area contributed by atoms with E-state index in [1.165, 1.54) is 0 Å². The second-order valence-electron chi connectivity index (χ2n) is 4.04. The highest BCUT2D eigenvalue weighted by Gasteiger charge is 2.08. The molecule has 0 saturated heterocycles. The molecule has 6 nitrogen and oxygen atoms in total. The number of aryl methyl sites for hydroxylation is 1. The van der Waals surface area contributed by atoms with Gasteiger partial charge in [-0.05, 0) is 19.1 Å². The van der Waals surface area contributed by atoms with Crippen LogP contribution < -0.4 is 16.0 Å². The van der Waals surface area contributed by atoms with Gasteiger partial charge in [0, 0.05) is 20.7 Å². The van der Waals surface area contributed by atoms with Gasteiger partial charge in [0.25, 0.3) is 0 Å². The van der Waals surface area contributed by atoms with E-state index >= 15 is 0 Å². The summed E-state index contributed by atoms with van der Waals surface area (Å²) in [6.45, 7) is 3.11. The summed E-state index contributed by atoms with van der Waals surface area (Å²) in [5.41, 5.74) is 7.11. The Balaban J connectivity index is 2.51. The Morgan fingerprint density at radius 1 is 1.56 bits per heavy atom. The summed E-state index contributed by atoms with van der Waals surface area (Å²) in [4.78, 5) is 17.7. The second kappa shape index (κ2) is 6.80. The fraction of sp³-hybridized carbons (Fsp3) is 0.500. The number of rotatable bonds is 6. The van der Waals surface area contributed by atoms with Crippen LogP contribution in [-0.4, -0.2) is 44.7 Å². The summed E-state index contributed by atoms with van der Waals surface area (Å²) in [6, 6.07) is 3.59. The monoisotopic (exact) mass is 252 g/mol. The first-order valence-corrected chi connectivity index (χ1v) is 5.74. The van der Waals surface area contributed by atoms with Crippen molar-refractivity contribution in [1.29, 1.82) is 0 Å². The van der Waals surface area contributed by atoms with E-state index in [0.29, 0.717) is 18.8 Å². The number of nitrogen functional groups attached to an aromatic ring is 1. The molecule has 1 aromatic heterocycles. The van der Waals surface area contributed by atoms with Crippen molar-refractivity contribution in [3.8, 4) is 0 Å². The number of carbonyl (C=O) groups is 1. The predicted molar refractivity (Wildman–Crippen MR) is 71.5 cm³/mol. The molecular formula is C12H20N4O2. The van der Waals surface area contributed by atoms with Gasteiger partial charge in [-0.3, -0.25) is 4.79 Å². The lowest BCUT2D eigenvalue weighted by Gasteiger charge is -2.18. The molecule has 0 spiro atoms. The number of pyridine rings is 1. The van der Waals surface area contributed by atoms with Crippen LogP contribution in [0.1, 0.15) is 5.69 Å². The molecule has 18 heavy (non-hydrogen) atoms. The maximum atomic E-state index is 11.6. The van der Waals surface area contributed by atoms with Crippen molar-refractivity contribution in [3.63, 3.8) is 0 Å². The quantitative estimate of drug-likeness (QED) is 0.705. The van der Waals surface area contributed by atoms with Gasteiger partial charge in [0.15, 0.2) is 0 Å². The maximum Gasteiger partial charge on any atom is 0.239 e. The lowest BCUT2D eigenvalue weighted by atomic mass is 10.3. The molecule has 0 aromatic carbocycles. The third-order valence-electron chi connectivity index (χ3n) is 2.51. The zero-order valence-electron chi connectivity index (χ0n) is 11.1. The van der Waals surface area contributed by atoms with Crippen molar-refractivity contribution in [3.05, 3.63) is 17.8 Å². The summed E-state index contributed by atoms with van der Waals surface area (Å²) < 4.78 is 4.86. The number of ether oxygens (including phenoxy) is 1.